The van der Waals surface area contributed by atoms with Crippen LogP contribution in [0.5, 0.6) is 0 Å². The van der Waals surface area contributed by atoms with Gasteiger partial charge in [0, 0.05) is 0 Å². The highest BCUT2D eigenvalue weighted by molar-refractivity contribution is 5.74. The normalized spacial score (nSPS) is 37.3. The van der Waals surface area contributed by atoms with Crippen molar-refractivity contribution in [2.45, 2.75) is 37.5 Å². The average molecular weight is 255 g/mol. The van der Waals surface area contributed by atoms with Gasteiger partial charge in [-0.2, -0.15) is 0 Å². The molecule has 0 spiro atoms. The molecule has 6 heteroatoms. The van der Waals surface area contributed by atoms with Gasteiger partial charge in [0.25, 0.3) is 0 Å². The molecule has 6 nitrogen and oxygen atoms in total. The summed E-state index contributed by atoms with van der Waals surface area (Å²) in [7, 11) is 1.38. The van der Waals surface area contributed by atoms with E-state index in [1.807, 2.05) is 0 Å². The first-order valence-corrected chi connectivity index (χ1v) is 6.33. The predicted molar refractivity (Wildman–Crippen MR) is 59.9 cm³/mol. The van der Waals surface area contributed by atoms with Gasteiger partial charge in [-0.25, -0.2) is 4.79 Å². The van der Waals surface area contributed by atoms with Crippen molar-refractivity contribution in [3.8, 4) is 0 Å². The van der Waals surface area contributed by atoms with E-state index in [2.05, 4.69) is 4.74 Å². The number of ether oxygens (including phenoxy) is 3. The maximum Gasteiger partial charge on any atom is 0.410 e. The number of carbonyl (C=O) groups excluding carboxylic acids is 2. The van der Waals surface area contributed by atoms with Gasteiger partial charge in [0.05, 0.1) is 38.3 Å². The lowest BCUT2D eigenvalue weighted by molar-refractivity contribution is -0.155. The van der Waals surface area contributed by atoms with Gasteiger partial charge in [-0.1, -0.05) is 0 Å². The topological polar surface area (TPSA) is 65.1 Å². The van der Waals surface area contributed by atoms with E-state index in [4.69, 9.17) is 9.47 Å². The Morgan fingerprint density at radius 1 is 1.17 bits per heavy atom. The zero-order valence-corrected chi connectivity index (χ0v) is 10.3. The van der Waals surface area contributed by atoms with Crippen LogP contribution in [0.25, 0.3) is 0 Å². The molecule has 2 bridgehead atoms. The molecule has 3 aliphatic rings. The Kier molecular flexibility index (Phi) is 2.89. The minimum absolute atomic E-state index is 0.105. The van der Waals surface area contributed by atoms with Crippen LogP contribution < -0.4 is 0 Å². The van der Waals surface area contributed by atoms with Crippen molar-refractivity contribution in [1.82, 2.24) is 4.90 Å². The van der Waals surface area contributed by atoms with Crippen molar-refractivity contribution in [3.05, 3.63) is 0 Å². The quantitative estimate of drug-likeness (QED) is 0.674. The zero-order chi connectivity index (χ0) is 12.7. The molecule has 3 rings (SSSR count). The zero-order valence-electron chi connectivity index (χ0n) is 10.3. The number of rotatable bonds is 2. The lowest BCUT2D eigenvalue weighted by Gasteiger charge is -2.51. The van der Waals surface area contributed by atoms with Gasteiger partial charge in [-0.15, -0.1) is 0 Å². The van der Waals surface area contributed by atoms with Crippen LogP contribution in [0.2, 0.25) is 0 Å². The average Bonchev–Trinajstić information content (AvgIpc) is 2.33. The summed E-state index contributed by atoms with van der Waals surface area (Å²) in [6.45, 7) is 1.22. The number of fused-ring (bicyclic) bond motifs is 2. The Bertz CT molecular complexity index is 351. The van der Waals surface area contributed by atoms with E-state index < -0.39 is 0 Å². The molecule has 3 fully saturated rings. The first-order valence-electron chi connectivity index (χ1n) is 6.33. The second kappa shape index (κ2) is 4.42. The lowest BCUT2D eigenvalue weighted by atomic mass is 9.82. The Labute approximate surface area is 105 Å². The highest BCUT2D eigenvalue weighted by Crippen LogP contribution is 2.35. The number of amides is 1. The summed E-state index contributed by atoms with van der Waals surface area (Å²) in [4.78, 5) is 24.9. The highest BCUT2D eigenvalue weighted by atomic mass is 16.6. The van der Waals surface area contributed by atoms with Crippen molar-refractivity contribution in [2.75, 3.05) is 20.3 Å². The molecular formula is C12H17NO5. The maximum absolute atomic E-state index is 11.9. The van der Waals surface area contributed by atoms with Gasteiger partial charge in [-0.05, 0) is 19.3 Å². The van der Waals surface area contributed by atoms with Gasteiger partial charge in [0.2, 0.25) is 0 Å². The second-order valence-electron chi connectivity index (χ2n) is 5.19. The molecule has 2 heterocycles. The number of carbonyl (C=O) groups is 2. The molecule has 0 aromatic heterocycles. The van der Waals surface area contributed by atoms with E-state index in [0.29, 0.717) is 26.1 Å². The van der Waals surface area contributed by atoms with Gasteiger partial charge in [-0.3, -0.25) is 9.69 Å². The molecular weight excluding hydrogens is 238 g/mol. The molecule has 2 atom stereocenters. The van der Waals surface area contributed by atoms with Crippen molar-refractivity contribution < 1.29 is 23.8 Å². The van der Waals surface area contributed by atoms with E-state index in [1.165, 1.54) is 7.11 Å². The molecule has 0 aromatic carbocycles. The fourth-order valence-electron chi connectivity index (χ4n) is 2.86. The molecule has 0 N–H and O–H groups in total. The summed E-state index contributed by atoms with van der Waals surface area (Å²) in [5, 5.41) is 0. The SMILES string of the molecule is COC(=O)C1CC(OC(=O)N2[C@@H]3COC[C@@H]2C3)C1. The van der Waals surface area contributed by atoms with Crippen LogP contribution >= 0.6 is 0 Å². The molecule has 2 aliphatic heterocycles. The van der Waals surface area contributed by atoms with Gasteiger partial charge in [0.1, 0.15) is 6.10 Å². The lowest BCUT2D eigenvalue weighted by Crippen LogP contribution is -2.66. The standard InChI is InChI=1S/C12H17NO5/c1-16-11(14)7-2-10(3-7)18-12(15)13-8-4-9(13)6-17-5-8/h7-10H,2-6H2,1H3/t7?,8-,9-,10?/m0/s1. The summed E-state index contributed by atoms with van der Waals surface area (Å²) in [6.07, 6.45) is 1.79. The summed E-state index contributed by atoms with van der Waals surface area (Å²) >= 11 is 0. The number of hydrogen-bond acceptors (Lipinski definition) is 5. The molecule has 2 saturated heterocycles. The Balaban J connectivity index is 1.45. The van der Waals surface area contributed by atoms with Crippen LogP contribution in [0.15, 0.2) is 0 Å². The van der Waals surface area contributed by atoms with E-state index >= 15 is 0 Å². The van der Waals surface area contributed by atoms with Crippen LogP contribution in [0.1, 0.15) is 19.3 Å². The largest absolute Gasteiger partial charge is 0.469 e. The summed E-state index contributed by atoms with van der Waals surface area (Å²) < 4.78 is 15.3. The monoisotopic (exact) mass is 255 g/mol. The smallest absolute Gasteiger partial charge is 0.410 e. The second-order valence-corrected chi connectivity index (χ2v) is 5.19. The third-order valence-electron chi connectivity index (χ3n) is 4.06. The molecule has 100 valence electrons. The van der Waals surface area contributed by atoms with E-state index in [1.54, 1.807) is 4.90 Å². The molecule has 0 unspecified atom stereocenters. The van der Waals surface area contributed by atoms with Gasteiger partial charge in [0.15, 0.2) is 0 Å². The fraction of sp³-hybridized carbons (Fsp3) is 0.833. The Morgan fingerprint density at radius 3 is 2.39 bits per heavy atom. The highest BCUT2D eigenvalue weighted by Gasteiger charge is 2.47. The minimum atomic E-state index is -0.257. The Morgan fingerprint density at radius 2 is 1.83 bits per heavy atom. The first-order chi connectivity index (χ1) is 8.69. The van der Waals surface area contributed by atoms with Crippen LogP contribution in [-0.4, -0.2) is 55.5 Å². The van der Waals surface area contributed by atoms with Gasteiger partial charge >= 0.3 is 12.1 Å². The molecule has 18 heavy (non-hydrogen) atoms. The fourth-order valence-corrected chi connectivity index (χ4v) is 2.86. The Hall–Kier alpha value is -1.30. The number of hydrogen-bond donors (Lipinski definition) is 0. The van der Waals surface area contributed by atoms with Gasteiger partial charge < -0.3 is 14.2 Å². The molecule has 0 radical (unpaired) electrons. The summed E-state index contributed by atoms with van der Waals surface area (Å²) in [5.41, 5.74) is 0. The molecule has 1 aliphatic carbocycles. The van der Waals surface area contributed by atoms with Crippen LogP contribution in [0.3, 0.4) is 0 Å². The third-order valence-corrected chi connectivity index (χ3v) is 4.06. The maximum atomic E-state index is 11.9. The van der Waals surface area contributed by atoms with Crippen molar-refractivity contribution in [1.29, 1.82) is 0 Å². The predicted octanol–water partition coefficient (Wildman–Crippen LogP) is 0.548. The van der Waals surface area contributed by atoms with E-state index in [0.717, 1.165) is 6.42 Å². The summed E-state index contributed by atoms with van der Waals surface area (Å²) in [6, 6.07) is 0.375. The first kappa shape index (κ1) is 11.8. The van der Waals surface area contributed by atoms with E-state index in [-0.39, 0.29) is 36.2 Å². The number of nitrogens with zero attached hydrogens (tertiary/aromatic N) is 1. The number of esters is 1. The molecule has 1 saturated carbocycles. The van der Waals surface area contributed by atoms with Crippen LogP contribution in [0.4, 0.5) is 4.79 Å². The van der Waals surface area contributed by atoms with Crippen molar-refractivity contribution in [2.24, 2.45) is 5.92 Å². The summed E-state index contributed by atoms with van der Waals surface area (Å²) in [5.74, 6) is -0.316. The molecule has 1 amide bonds. The van der Waals surface area contributed by atoms with Crippen molar-refractivity contribution in [3.63, 3.8) is 0 Å². The van der Waals surface area contributed by atoms with E-state index in [9.17, 15) is 9.59 Å². The number of morpholine rings is 1. The van der Waals surface area contributed by atoms with Crippen LogP contribution in [0, 0.1) is 5.92 Å². The van der Waals surface area contributed by atoms with Crippen molar-refractivity contribution >= 4 is 12.1 Å². The number of methoxy groups -OCH3 is 1. The molecule has 0 aromatic rings. The minimum Gasteiger partial charge on any atom is -0.469 e. The third kappa shape index (κ3) is 1.84. The van der Waals surface area contributed by atoms with Crippen LogP contribution in [-0.2, 0) is 19.0 Å².